The van der Waals surface area contributed by atoms with Crippen LogP contribution in [0.3, 0.4) is 0 Å². The molecular formula is C10H12N2O. The molecule has 0 saturated carbocycles. The number of fused-ring (bicyclic) bond motifs is 1. The van der Waals surface area contributed by atoms with Crippen molar-refractivity contribution in [3.63, 3.8) is 0 Å². The van der Waals surface area contributed by atoms with E-state index in [4.69, 9.17) is 15.9 Å². The standard InChI is InChI=1S/C10H12N2O/c11-10(12)8-4-3-7-2-1-5-13-9(7)6-8/h3-4,6H,1-2,5H2,(H3,11,12). The third-order valence-corrected chi connectivity index (χ3v) is 2.23. The monoisotopic (exact) mass is 176 g/mol. The Morgan fingerprint density at radius 1 is 1.46 bits per heavy atom. The third kappa shape index (κ3) is 1.49. The first-order valence-corrected chi connectivity index (χ1v) is 4.37. The van der Waals surface area contributed by atoms with Gasteiger partial charge in [-0.15, -0.1) is 0 Å². The van der Waals surface area contributed by atoms with Crippen molar-refractivity contribution >= 4 is 5.84 Å². The molecule has 0 spiro atoms. The Morgan fingerprint density at radius 2 is 2.31 bits per heavy atom. The van der Waals surface area contributed by atoms with Crippen LogP contribution in [0.15, 0.2) is 18.2 Å². The van der Waals surface area contributed by atoms with Gasteiger partial charge in [0.05, 0.1) is 6.61 Å². The van der Waals surface area contributed by atoms with Crippen molar-refractivity contribution in [3.8, 4) is 5.75 Å². The second-order valence-corrected chi connectivity index (χ2v) is 3.19. The summed E-state index contributed by atoms with van der Waals surface area (Å²) in [4.78, 5) is 0. The van der Waals surface area contributed by atoms with Gasteiger partial charge in [0.2, 0.25) is 0 Å². The molecule has 1 aromatic carbocycles. The molecule has 3 N–H and O–H groups in total. The van der Waals surface area contributed by atoms with Crippen LogP contribution in [0.5, 0.6) is 5.75 Å². The Morgan fingerprint density at radius 3 is 3.08 bits per heavy atom. The van der Waals surface area contributed by atoms with Gasteiger partial charge in [-0.05, 0) is 24.5 Å². The summed E-state index contributed by atoms with van der Waals surface area (Å²) in [6.45, 7) is 0.772. The Bertz CT molecular complexity index is 347. The van der Waals surface area contributed by atoms with Gasteiger partial charge < -0.3 is 10.5 Å². The summed E-state index contributed by atoms with van der Waals surface area (Å²) in [7, 11) is 0. The van der Waals surface area contributed by atoms with Crippen LogP contribution in [0, 0.1) is 5.41 Å². The molecule has 0 unspecified atom stereocenters. The van der Waals surface area contributed by atoms with Crippen molar-refractivity contribution in [1.29, 1.82) is 5.41 Å². The van der Waals surface area contributed by atoms with Gasteiger partial charge in [-0.25, -0.2) is 0 Å². The van der Waals surface area contributed by atoms with Gasteiger partial charge in [-0.2, -0.15) is 0 Å². The lowest BCUT2D eigenvalue weighted by atomic mass is 10.0. The maximum absolute atomic E-state index is 7.27. The van der Waals surface area contributed by atoms with Crippen molar-refractivity contribution in [3.05, 3.63) is 29.3 Å². The fourth-order valence-electron chi connectivity index (χ4n) is 1.51. The van der Waals surface area contributed by atoms with E-state index in [9.17, 15) is 0 Å². The number of ether oxygens (including phenoxy) is 1. The number of nitrogens with one attached hydrogen (secondary N) is 1. The van der Waals surface area contributed by atoms with Crippen LogP contribution < -0.4 is 10.5 Å². The molecule has 0 fully saturated rings. The second kappa shape index (κ2) is 3.09. The zero-order valence-corrected chi connectivity index (χ0v) is 7.34. The van der Waals surface area contributed by atoms with E-state index in [0.29, 0.717) is 0 Å². The maximum Gasteiger partial charge on any atom is 0.123 e. The van der Waals surface area contributed by atoms with Crippen molar-refractivity contribution in [2.24, 2.45) is 5.73 Å². The largest absolute Gasteiger partial charge is 0.493 e. The maximum atomic E-state index is 7.27. The summed E-state index contributed by atoms with van der Waals surface area (Å²) >= 11 is 0. The molecule has 1 aromatic rings. The Balaban J connectivity index is 2.40. The van der Waals surface area contributed by atoms with E-state index in [0.717, 1.165) is 30.8 Å². The predicted molar refractivity (Wildman–Crippen MR) is 51.3 cm³/mol. The minimum absolute atomic E-state index is 0.0944. The van der Waals surface area contributed by atoms with E-state index in [-0.39, 0.29) is 5.84 Å². The van der Waals surface area contributed by atoms with Gasteiger partial charge in [0.25, 0.3) is 0 Å². The number of nitrogens with two attached hydrogens (primary N) is 1. The topological polar surface area (TPSA) is 59.1 Å². The highest BCUT2D eigenvalue weighted by Gasteiger charge is 2.10. The first kappa shape index (κ1) is 8.10. The third-order valence-electron chi connectivity index (χ3n) is 2.23. The van der Waals surface area contributed by atoms with Crippen LogP contribution in [0.1, 0.15) is 17.5 Å². The lowest BCUT2D eigenvalue weighted by Gasteiger charge is -2.17. The van der Waals surface area contributed by atoms with E-state index in [1.165, 1.54) is 5.56 Å². The molecule has 0 aromatic heterocycles. The fourth-order valence-corrected chi connectivity index (χ4v) is 1.51. The van der Waals surface area contributed by atoms with Gasteiger partial charge in [-0.3, -0.25) is 5.41 Å². The average Bonchev–Trinajstić information content (AvgIpc) is 2.17. The number of hydrogen-bond donors (Lipinski definition) is 2. The number of hydrogen-bond acceptors (Lipinski definition) is 2. The fraction of sp³-hybridized carbons (Fsp3) is 0.300. The SMILES string of the molecule is N=C(N)c1ccc2c(c1)OCCC2. The van der Waals surface area contributed by atoms with Crippen molar-refractivity contribution in [1.82, 2.24) is 0 Å². The molecule has 2 rings (SSSR count). The molecule has 0 amide bonds. The van der Waals surface area contributed by atoms with E-state index in [1.807, 2.05) is 18.2 Å². The van der Waals surface area contributed by atoms with Crippen molar-refractivity contribution in [2.45, 2.75) is 12.8 Å². The van der Waals surface area contributed by atoms with Crippen LogP contribution in [0.4, 0.5) is 0 Å². The molecule has 13 heavy (non-hydrogen) atoms. The van der Waals surface area contributed by atoms with Gasteiger partial charge in [-0.1, -0.05) is 12.1 Å². The Labute approximate surface area is 77.0 Å². The van der Waals surface area contributed by atoms with Gasteiger partial charge >= 0.3 is 0 Å². The normalized spacial score (nSPS) is 14.5. The molecule has 1 heterocycles. The van der Waals surface area contributed by atoms with E-state index in [1.54, 1.807) is 0 Å². The van der Waals surface area contributed by atoms with Gasteiger partial charge in [0.15, 0.2) is 0 Å². The summed E-state index contributed by atoms with van der Waals surface area (Å²) in [6.07, 6.45) is 2.14. The van der Waals surface area contributed by atoms with Crippen LogP contribution in [0.25, 0.3) is 0 Å². The molecule has 1 aliphatic rings. The molecule has 0 bridgehead atoms. The lowest BCUT2D eigenvalue weighted by molar-refractivity contribution is 0.288. The van der Waals surface area contributed by atoms with Crippen LogP contribution in [-0.2, 0) is 6.42 Å². The average molecular weight is 176 g/mol. The van der Waals surface area contributed by atoms with E-state index in [2.05, 4.69) is 0 Å². The summed E-state index contributed by atoms with van der Waals surface area (Å²) in [6, 6.07) is 5.71. The van der Waals surface area contributed by atoms with Gasteiger partial charge in [0.1, 0.15) is 11.6 Å². The van der Waals surface area contributed by atoms with E-state index < -0.39 is 0 Å². The molecule has 3 heteroatoms. The number of rotatable bonds is 1. The first-order chi connectivity index (χ1) is 6.27. The highest BCUT2D eigenvalue weighted by Crippen LogP contribution is 2.25. The quantitative estimate of drug-likeness (QED) is 0.500. The zero-order valence-electron chi connectivity index (χ0n) is 7.34. The summed E-state index contributed by atoms with van der Waals surface area (Å²) in [5.41, 5.74) is 7.33. The first-order valence-electron chi connectivity index (χ1n) is 4.37. The molecule has 0 aliphatic carbocycles. The summed E-state index contributed by atoms with van der Waals surface area (Å²) in [5.74, 6) is 0.982. The number of nitrogen functional groups attached to an aromatic ring is 1. The smallest absolute Gasteiger partial charge is 0.123 e. The van der Waals surface area contributed by atoms with Gasteiger partial charge in [0, 0.05) is 5.56 Å². The molecule has 1 aliphatic heterocycles. The number of amidine groups is 1. The van der Waals surface area contributed by atoms with Crippen molar-refractivity contribution < 1.29 is 4.74 Å². The lowest BCUT2D eigenvalue weighted by Crippen LogP contribution is -2.13. The molecule has 3 nitrogen and oxygen atoms in total. The summed E-state index contributed by atoms with van der Waals surface area (Å²) < 4.78 is 5.46. The molecule has 0 saturated heterocycles. The highest BCUT2D eigenvalue weighted by molar-refractivity contribution is 5.95. The zero-order chi connectivity index (χ0) is 9.26. The van der Waals surface area contributed by atoms with Crippen LogP contribution >= 0.6 is 0 Å². The minimum Gasteiger partial charge on any atom is -0.493 e. The molecular weight excluding hydrogens is 164 g/mol. The van der Waals surface area contributed by atoms with Crippen LogP contribution in [0.2, 0.25) is 0 Å². The van der Waals surface area contributed by atoms with Crippen LogP contribution in [-0.4, -0.2) is 12.4 Å². The molecule has 0 radical (unpaired) electrons. The predicted octanol–water partition coefficient (Wildman–Crippen LogP) is 1.30. The molecule has 0 atom stereocenters. The Hall–Kier alpha value is -1.51. The van der Waals surface area contributed by atoms with Crippen molar-refractivity contribution in [2.75, 3.05) is 6.61 Å². The Kier molecular flexibility index (Phi) is 1.93. The second-order valence-electron chi connectivity index (χ2n) is 3.19. The van der Waals surface area contributed by atoms with E-state index >= 15 is 0 Å². The molecule has 68 valence electrons. The number of benzene rings is 1. The number of aryl methyl sites for hydroxylation is 1. The summed E-state index contributed by atoms with van der Waals surface area (Å²) in [5, 5.41) is 7.27. The highest BCUT2D eigenvalue weighted by atomic mass is 16.5. The minimum atomic E-state index is 0.0944.